The predicted molar refractivity (Wildman–Crippen MR) is 80.8 cm³/mol. The van der Waals surface area contributed by atoms with Gasteiger partial charge in [-0.05, 0) is 42.3 Å². The first-order valence-corrected chi connectivity index (χ1v) is 6.85. The van der Waals surface area contributed by atoms with E-state index in [1.807, 2.05) is 48.5 Å². The van der Waals surface area contributed by atoms with Gasteiger partial charge >= 0.3 is 0 Å². The molecule has 0 spiro atoms. The molecule has 20 heavy (non-hydrogen) atoms. The Morgan fingerprint density at radius 3 is 2.25 bits per heavy atom. The van der Waals surface area contributed by atoms with E-state index in [0.29, 0.717) is 11.6 Å². The highest BCUT2D eigenvalue weighted by Crippen LogP contribution is 2.20. The van der Waals surface area contributed by atoms with Crippen LogP contribution < -0.4 is 10.5 Å². The van der Waals surface area contributed by atoms with Crippen molar-refractivity contribution in [2.75, 3.05) is 0 Å². The lowest BCUT2D eigenvalue weighted by Crippen LogP contribution is -2.24. The topological polar surface area (TPSA) is 55.5 Å². The van der Waals surface area contributed by atoms with Crippen LogP contribution in [-0.2, 0) is 6.61 Å². The molecule has 106 valence electrons. The summed E-state index contributed by atoms with van der Waals surface area (Å²) in [4.78, 5) is 0. The summed E-state index contributed by atoms with van der Waals surface area (Å²) in [6, 6.07) is 14.5. The Kier molecular flexibility index (Phi) is 5.01. The maximum absolute atomic E-state index is 9.84. The number of nitrogens with two attached hydrogens (primary N) is 1. The first-order chi connectivity index (χ1) is 9.56. The number of aliphatic hydroxyl groups is 1. The van der Waals surface area contributed by atoms with Crippen LogP contribution in [0.4, 0.5) is 0 Å². The number of ether oxygens (including phenoxy) is 1. The average Bonchev–Trinajstić information content (AvgIpc) is 2.46. The molecule has 2 atom stereocenters. The fraction of sp³-hybridized carbons (Fsp3) is 0.250. The van der Waals surface area contributed by atoms with Crippen LogP contribution >= 0.6 is 11.6 Å². The Morgan fingerprint density at radius 1 is 1.10 bits per heavy atom. The van der Waals surface area contributed by atoms with Gasteiger partial charge in [0.2, 0.25) is 0 Å². The number of hydrogen-bond acceptors (Lipinski definition) is 3. The molecule has 0 aromatic heterocycles. The van der Waals surface area contributed by atoms with Crippen molar-refractivity contribution in [1.82, 2.24) is 0 Å². The van der Waals surface area contributed by atoms with Crippen molar-refractivity contribution in [1.29, 1.82) is 0 Å². The number of benzene rings is 2. The van der Waals surface area contributed by atoms with Crippen LogP contribution in [0.3, 0.4) is 0 Å². The smallest absolute Gasteiger partial charge is 0.119 e. The minimum Gasteiger partial charge on any atom is -0.489 e. The van der Waals surface area contributed by atoms with Crippen molar-refractivity contribution < 1.29 is 9.84 Å². The molecule has 0 fully saturated rings. The first kappa shape index (κ1) is 14.9. The third-order valence-electron chi connectivity index (χ3n) is 3.04. The molecule has 3 nitrogen and oxygen atoms in total. The van der Waals surface area contributed by atoms with Gasteiger partial charge in [0, 0.05) is 11.1 Å². The van der Waals surface area contributed by atoms with Gasteiger partial charge in [-0.3, -0.25) is 0 Å². The van der Waals surface area contributed by atoms with Crippen LogP contribution in [0.25, 0.3) is 0 Å². The van der Waals surface area contributed by atoms with Crippen molar-refractivity contribution in [2.24, 2.45) is 5.73 Å². The van der Waals surface area contributed by atoms with Crippen molar-refractivity contribution in [3.8, 4) is 5.75 Å². The lowest BCUT2D eigenvalue weighted by molar-refractivity contribution is 0.153. The zero-order valence-corrected chi connectivity index (χ0v) is 12.0. The molecule has 2 aromatic carbocycles. The molecular formula is C16H18ClNO2. The van der Waals surface area contributed by atoms with E-state index >= 15 is 0 Å². The molecule has 0 aliphatic heterocycles. The fourth-order valence-corrected chi connectivity index (χ4v) is 1.94. The number of halogens is 1. The van der Waals surface area contributed by atoms with Crippen molar-refractivity contribution in [2.45, 2.75) is 25.7 Å². The zero-order valence-electron chi connectivity index (χ0n) is 11.3. The molecule has 0 aliphatic rings. The van der Waals surface area contributed by atoms with Crippen LogP contribution in [0.15, 0.2) is 48.5 Å². The lowest BCUT2D eigenvalue weighted by Gasteiger charge is -2.15. The van der Waals surface area contributed by atoms with Crippen molar-refractivity contribution in [3.63, 3.8) is 0 Å². The summed E-state index contributed by atoms with van der Waals surface area (Å²) in [5.41, 5.74) is 7.50. The Bertz CT molecular complexity index is 537. The normalized spacial score (nSPS) is 13.8. The molecule has 0 aliphatic carbocycles. The highest BCUT2D eigenvalue weighted by atomic mass is 35.5. The molecule has 0 saturated carbocycles. The lowest BCUT2D eigenvalue weighted by atomic mass is 10.0. The first-order valence-electron chi connectivity index (χ1n) is 6.47. The van der Waals surface area contributed by atoms with Gasteiger partial charge in [0.05, 0.1) is 6.10 Å². The van der Waals surface area contributed by atoms with Crippen LogP contribution in [0.1, 0.15) is 24.2 Å². The van der Waals surface area contributed by atoms with Crippen LogP contribution in [0.5, 0.6) is 5.75 Å². The summed E-state index contributed by atoms with van der Waals surface area (Å²) < 4.78 is 5.67. The zero-order chi connectivity index (χ0) is 14.5. The van der Waals surface area contributed by atoms with E-state index in [9.17, 15) is 5.11 Å². The number of hydrogen-bond donors (Lipinski definition) is 2. The van der Waals surface area contributed by atoms with Gasteiger partial charge in [0.25, 0.3) is 0 Å². The van der Waals surface area contributed by atoms with E-state index in [1.165, 1.54) is 0 Å². The minimum absolute atomic E-state index is 0.296. The standard InChI is InChI=1S/C16H18ClNO2/c1-11(18)16(19)13-4-8-15(9-5-13)20-10-12-2-6-14(17)7-3-12/h2-9,11,16,19H,10,18H2,1H3. The van der Waals surface area contributed by atoms with Gasteiger partial charge in [-0.1, -0.05) is 35.9 Å². The fourth-order valence-electron chi connectivity index (χ4n) is 1.81. The van der Waals surface area contributed by atoms with Gasteiger partial charge in [-0.25, -0.2) is 0 Å². The summed E-state index contributed by atoms with van der Waals surface area (Å²) in [6.07, 6.45) is -0.652. The highest BCUT2D eigenvalue weighted by Gasteiger charge is 2.11. The second kappa shape index (κ2) is 6.75. The predicted octanol–water partition coefficient (Wildman–Crippen LogP) is 3.30. The average molecular weight is 292 g/mol. The Labute approximate surface area is 123 Å². The van der Waals surface area contributed by atoms with Crippen molar-refractivity contribution >= 4 is 11.6 Å². The Hall–Kier alpha value is -1.55. The Morgan fingerprint density at radius 2 is 1.70 bits per heavy atom. The maximum atomic E-state index is 9.84. The molecule has 0 bridgehead atoms. The second-order valence-electron chi connectivity index (χ2n) is 4.79. The van der Waals surface area contributed by atoms with E-state index in [4.69, 9.17) is 22.1 Å². The quantitative estimate of drug-likeness (QED) is 0.889. The van der Waals surface area contributed by atoms with E-state index < -0.39 is 6.10 Å². The molecular weight excluding hydrogens is 274 g/mol. The third-order valence-corrected chi connectivity index (χ3v) is 3.29. The summed E-state index contributed by atoms with van der Waals surface area (Å²) in [5.74, 6) is 0.751. The Balaban J connectivity index is 1.95. The largest absolute Gasteiger partial charge is 0.489 e. The van der Waals surface area contributed by atoms with E-state index in [0.717, 1.165) is 16.9 Å². The van der Waals surface area contributed by atoms with Crippen molar-refractivity contribution in [3.05, 3.63) is 64.7 Å². The van der Waals surface area contributed by atoms with E-state index in [1.54, 1.807) is 6.92 Å². The van der Waals surface area contributed by atoms with Gasteiger partial charge in [-0.2, -0.15) is 0 Å². The van der Waals surface area contributed by atoms with Crippen LogP contribution in [-0.4, -0.2) is 11.1 Å². The molecule has 2 unspecified atom stereocenters. The molecule has 2 aromatic rings. The molecule has 0 saturated heterocycles. The molecule has 0 amide bonds. The molecule has 3 N–H and O–H groups in total. The molecule has 2 rings (SSSR count). The summed E-state index contributed by atoms with van der Waals surface area (Å²) in [6.45, 7) is 2.25. The van der Waals surface area contributed by atoms with Gasteiger partial charge < -0.3 is 15.6 Å². The van der Waals surface area contributed by atoms with Gasteiger partial charge in [0.15, 0.2) is 0 Å². The summed E-state index contributed by atoms with van der Waals surface area (Å²) in [5, 5.41) is 10.6. The monoisotopic (exact) mass is 291 g/mol. The number of aliphatic hydroxyl groups excluding tert-OH is 1. The van der Waals surface area contributed by atoms with Crippen LogP contribution in [0, 0.1) is 0 Å². The van der Waals surface area contributed by atoms with Gasteiger partial charge in [-0.15, -0.1) is 0 Å². The van der Waals surface area contributed by atoms with E-state index in [2.05, 4.69) is 0 Å². The SMILES string of the molecule is CC(N)C(O)c1ccc(OCc2ccc(Cl)cc2)cc1. The van der Waals surface area contributed by atoms with Crippen LogP contribution in [0.2, 0.25) is 5.02 Å². The van der Waals surface area contributed by atoms with Gasteiger partial charge in [0.1, 0.15) is 12.4 Å². The minimum atomic E-state index is -0.652. The maximum Gasteiger partial charge on any atom is 0.119 e. The number of rotatable bonds is 5. The molecule has 4 heteroatoms. The highest BCUT2D eigenvalue weighted by molar-refractivity contribution is 6.30. The third kappa shape index (κ3) is 3.97. The summed E-state index contributed by atoms with van der Waals surface area (Å²) in [7, 11) is 0. The molecule has 0 radical (unpaired) electrons. The second-order valence-corrected chi connectivity index (χ2v) is 5.22. The summed E-state index contributed by atoms with van der Waals surface area (Å²) >= 11 is 5.83. The molecule has 0 heterocycles. The van der Waals surface area contributed by atoms with E-state index in [-0.39, 0.29) is 6.04 Å².